The van der Waals surface area contributed by atoms with Gasteiger partial charge >= 0.3 is 0 Å². The minimum Gasteiger partial charge on any atom is -0.393 e. The molecule has 1 saturated heterocycles. The summed E-state index contributed by atoms with van der Waals surface area (Å²) in [6, 6.07) is 9.99. The average Bonchev–Trinajstić information content (AvgIpc) is 2.92. The summed E-state index contributed by atoms with van der Waals surface area (Å²) in [5.74, 6) is -0.221. The summed E-state index contributed by atoms with van der Waals surface area (Å²) in [5.41, 5.74) is 1.09. The van der Waals surface area contributed by atoms with Gasteiger partial charge in [0.15, 0.2) is 0 Å². The van der Waals surface area contributed by atoms with E-state index in [2.05, 4.69) is 5.32 Å². The van der Waals surface area contributed by atoms with Crippen molar-refractivity contribution in [2.75, 3.05) is 6.54 Å². The molecule has 0 spiro atoms. The zero-order valence-corrected chi connectivity index (χ0v) is 13.3. The lowest BCUT2D eigenvalue weighted by Crippen LogP contribution is -2.42. The second kappa shape index (κ2) is 7.13. The Morgan fingerprint density at radius 1 is 1.17 bits per heavy atom. The van der Waals surface area contributed by atoms with E-state index in [1.807, 2.05) is 30.3 Å². The topological polar surface area (TPSA) is 69.6 Å². The third kappa shape index (κ3) is 4.10. The van der Waals surface area contributed by atoms with E-state index in [4.69, 9.17) is 0 Å². The van der Waals surface area contributed by atoms with Crippen LogP contribution in [0.4, 0.5) is 0 Å². The SMILES string of the molecule is O=C(NC1CCC(O)CC1)C1CC(=O)N(Cc2ccccc2)C1. The molecule has 0 bridgehead atoms. The van der Waals surface area contributed by atoms with Gasteiger partial charge in [-0.2, -0.15) is 0 Å². The van der Waals surface area contributed by atoms with Gasteiger partial charge in [-0.15, -0.1) is 0 Å². The number of likely N-dealkylation sites (tertiary alicyclic amines) is 1. The Morgan fingerprint density at radius 2 is 1.87 bits per heavy atom. The highest BCUT2D eigenvalue weighted by molar-refractivity contribution is 5.89. The van der Waals surface area contributed by atoms with Crippen molar-refractivity contribution in [1.29, 1.82) is 0 Å². The van der Waals surface area contributed by atoms with E-state index in [9.17, 15) is 14.7 Å². The lowest BCUT2D eigenvalue weighted by Gasteiger charge is -2.27. The van der Waals surface area contributed by atoms with E-state index in [1.165, 1.54) is 0 Å². The molecule has 1 aromatic rings. The summed E-state index contributed by atoms with van der Waals surface area (Å²) in [6.45, 7) is 1.06. The molecule has 5 heteroatoms. The first-order chi connectivity index (χ1) is 11.1. The number of carbonyl (C=O) groups is 2. The van der Waals surface area contributed by atoms with Gasteiger partial charge in [0.05, 0.1) is 12.0 Å². The summed E-state index contributed by atoms with van der Waals surface area (Å²) >= 11 is 0. The Bertz CT molecular complexity index is 553. The van der Waals surface area contributed by atoms with Crippen LogP contribution in [-0.4, -0.2) is 40.5 Å². The molecule has 2 aliphatic rings. The molecule has 23 heavy (non-hydrogen) atoms. The second-order valence-corrected chi connectivity index (χ2v) is 6.67. The van der Waals surface area contributed by atoms with E-state index in [0.29, 0.717) is 19.5 Å². The fourth-order valence-corrected chi connectivity index (χ4v) is 3.44. The van der Waals surface area contributed by atoms with Gasteiger partial charge in [0.25, 0.3) is 0 Å². The van der Waals surface area contributed by atoms with Crippen LogP contribution < -0.4 is 5.32 Å². The third-order valence-electron chi connectivity index (χ3n) is 4.84. The Kier molecular flexibility index (Phi) is 4.96. The van der Waals surface area contributed by atoms with Gasteiger partial charge in [0.2, 0.25) is 11.8 Å². The van der Waals surface area contributed by atoms with Gasteiger partial charge in [0.1, 0.15) is 0 Å². The van der Waals surface area contributed by atoms with Gasteiger partial charge < -0.3 is 15.3 Å². The first-order valence-corrected chi connectivity index (χ1v) is 8.42. The third-order valence-corrected chi connectivity index (χ3v) is 4.84. The van der Waals surface area contributed by atoms with Crippen molar-refractivity contribution in [2.45, 2.75) is 50.8 Å². The minimum absolute atomic E-state index is 0.0182. The molecule has 2 fully saturated rings. The van der Waals surface area contributed by atoms with Crippen LogP contribution in [0.3, 0.4) is 0 Å². The molecule has 1 aliphatic carbocycles. The van der Waals surface area contributed by atoms with Crippen molar-refractivity contribution >= 4 is 11.8 Å². The zero-order chi connectivity index (χ0) is 16.2. The lowest BCUT2D eigenvalue weighted by molar-refractivity contribution is -0.129. The molecule has 1 saturated carbocycles. The van der Waals surface area contributed by atoms with Crippen LogP contribution in [0.15, 0.2) is 30.3 Å². The number of hydrogen-bond acceptors (Lipinski definition) is 3. The number of hydrogen-bond donors (Lipinski definition) is 2. The molecule has 124 valence electrons. The molecule has 0 radical (unpaired) electrons. The fourth-order valence-electron chi connectivity index (χ4n) is 3.44. The van der Waals surface area contributed by atoms with Gasteiger partial charge in [-0.1, -0.05) is 30.3 Å². The standard InChI is InChI=1S/C18H24N2O3/c21-16-8-6-15(7-9-16)19-18(23)14-10-17(22)20(12-14)11-13-4-2-1-3-5-13/h1-5,14-16,21H,6-12H2,(H,19,23). The van der Waals surface area contributed by atoms with Crippen molar-refractivity contribution in [3.63, 3.8) is 0 Å². The first-order valence-electron chi connectivity index (χ1n) is 8.42. The zero-order valence-electron chi connectivity index (χ0n) is 13.3. The monoisotopic (exact) mass is 316 g/mol. The normalized spacial score (nSPS) is 28.0. The number of amides is 2. The maximum absolute atomic E-state index is 12.4. The predicted molar refractivity (Wildman–Crippen MR) is 86.4 cm³/mol. The largest absolute Gasteiger partial charge is 0.393 e. The number of carbonyl (C=O) groups excluding carboxylic acids is 2. The average molecular weight is 316 g/mol. The van der Waals surface area contributed by atoms with Crippen molar-refractivity contribution in [3.8, 4) is 0 Å². The maximum Gasteiger partial charge on any atom is 0.225 e. The smallest absolute Gasteiger partial charge is 0.225 e. The molecule has 2 N–H and O–H groups in total. The first kappa shape index (κ1) is 16.0. The molecular formula is C18H24N2O3. The molecule has 1 atom stereocenters. The predicted octanol–water partition coefficient (Wildman–Crippen LogP) is 1.45. The van der Waals surface area contributed by atoms with Crippen LogP contribution in [0.25, 0.3) is 0 Å². The summed E-state index contributed by atoms with van der Waals surface area (Å²) < 4.78 is 0. The minimum atomic E-state index is -0.252. The Labute approximate surface area is 136 Å². The lowest BCUT2D eigenvalue weighted by atomic mass is 9.92. The highest BCUT2D eigenvalue weighted by Gasteiger charge is 2.35. The Hall–Kier alpha value is -1.88. The number of aliphatic hydroxyl groups excluding tert-OH is 1. The van der Waals surface area contributed by atoms with Gasteiger partial charge in [-0.3, -0.25) is 9.59 Å². The van der Waals surface area contributed by atoms with E-state index in [-0.39, 0.29) is 29.9 Å². The van der Waals surface area contributed by atoms with Crippen molar-refractivity contribution in [2.24, 2.45) is 5.92 Å². The maximum atomic E-state index is 12.4. The van der Waals surface area contributed by atoms with Crippen LogP contribution in [-0.2, 0) is 16.1 Å². The number of aliphatic hydroxyl groups is 1. The molecule has 1 heterocycles. The molecular weight excluding hydrogens is 292 g/mol. The number of benzene rings is 1. The molecule has 1 aromatic carbocycles. The summed E-state index contributed by atoms with van der Waals surface area (Å²) in [5, 5.41) is 12.6. The van der Waals surface area contributed by atoms with Crippen molar-refractivity contribution in [3.05, 3.63) is 35.9 Å². The summed E-state index contributed by atoms with van der Waals surface area (Å²) in [4.78, 5) is 26.3. The van der Waals surface area contributed by atoms with Crippen LogP contribution >= 0.6 is 0 Å². The van der Waals surface area contributed by atoms with Crippen LogP contribution in [0.5, 0.6) is 0 Å². The molecule has 1 unspecified atom stereocenters. The van der Waals surface area contributed by atoms with Crippen LogP contribution in [0.1, 0.15) is 37.7 Å². The Balaban J connectivity index is 1.51. The van der Waals surface area contributed by atoms with Gasteiger partial charge in [-0.25, -0.2) is 0 Å². The quantitative estimate of drug-likeness (QED) is 0.883. The molecule has 5 nitrogen and oxygen atoms in total. The molecule has 1 aliphatic heterocycles. The van der Waals surface area contributed by atoms with E-state index >= 15 is 0 Å². The van der Waals surface area contributed by atoms with Gasteiger partial charge in [-0.05, 0) is 31.2 Å². The van der Waals surface area contributed by atoms with Crippen LogP contribution in [0, 0.1) is 5.92 Å². The van der Waals surface area contributed by atoms with E-state index in [1.54, 1.807) is 4.90 Å². The molecule has 2 amide bonds. The fraction of sp³-hybridized carbons (Fsp3) is 0.556. The van der Waals surface area contributed by atoms with Crippen molar-refractivity contribution < 1.29 is 14.7 Å². The Morgan fingerprint density at radius 3 is 2.57 bits per heavy atom. The second-order valence-electron chi connectivity index (χ2n) is 6.67. The highest BCUT2D eigenvalue weighted by atomic mass is 16.3. The number of rotatable bonds is 4. The summed E-state index contributed by atoms with van der Waals surface area (Å²) in [6.07, 6.45) is 3.21. The number of nitrogens with zero attached hydrogens (tertiary/aromatic N) is 1. The van der Waals surface area contributed by atoms with Gasteiger partial charge in [0, 0.05) is 25.6 Å². The van der Waals surface area contributed by atoms with E-state index < -0.39 is 0 Å². The highest BCUT2D eigenvalue weighted by Crippen LogP contribution is 2.23. The van der Waals surface area contributed by atoms with Crippen LogP contribution in [0.2, 0.25) is 0 Å². The molecule has 0 aromatic heterocycles. The van der Waals surface area contributed by atoms with E-state index in [0.717, 1.165) is 31.2 Å². The molecule has 3 rings (SSSR count). The van der Waals surface area contributed by atoms with Crippen molar-refractivity contribution in [1.82, 2.24) is 10.2 Å². The summed E-state index contributed by atoms with van der Waals surface area (Å²) in [7, 11) is 0. The number of nitrogens with one attached hydrogen (secondary N) is 1.